The van der Waals surface area contributed by atoms with Crippen LogP contribution in [0, 0.1) is 5.92 Å². The van der Waals surface area contributed by atoms with E-state index in [2.05, 4.69) is 30.3 Å². The molecule has 1 aliphatic heterocycles. The molecular weight excluding hydrogens is 373 g/mol. The van der Waals surface area contributed by atoms with Crippen LogP contribution in [0.4, 0.5) is 19.0 Å². The smallest absolute Gasteiger partial charge is 0.387 e. The molecule has 2 N–H and O–H groups in total. The van der Waals surface area contributed by atoms with E-state index in [4.69, 9.17) is 0 Å². The maximum absolute atomic E-state index is 14.0. The van der Waals surface area contributed by atoms with Gasteiger partial charge in [-0.15, -0.1) is 0 Å². The molecule has 0 spiro atoms. The first-order valence-electron chi connectivity index (χ1n) is 8.93. The molecule has 4 heterocycles. The Morgan fingerprint density at radius 2 is 2.21 bits per heavy atom. The number of hydrogen-bond acceptors (Lipinski definition) is 6. The number of imidazole rings is 1. The molecule has 7 nitrogen and oxygen atoms in total. The number of alkyl halides is 3. The molecule has 0 amide bonds. The Morgan fingerprint density at radius 1 is 1.32 bits per heavy atom. The van der Waals surface area contributed by atoms with Crippen LogP contribution in [0.2, 0.25) is 0 Å². The van der Waals surface area contributed by atoms with Gasteiger partial charge in [0.2, 0.25) is 0 Å². The van der Waals surface area contributed by atoms with Crippen LogP contribution in [0.15, 0.2) is 36.9 Å². The zero-order chi connectivity index (χ0) is 19.5. The van der Waals surface area contributed by atoms with Crippen LogP contribution < -0.4 is 15.4 Å². The molecule has 28 heavy (non-hydrogen) atoms. The minimum atomic E-state index is -2.89. The minimum Gasteiger partial charge on any atom is -0.435 e. The molecule has 0 radical (unpaired) electrons. The van der Waals surface area contributed by atoms with Gasteiger partial charge in [-0.05, 0) is 19.0 Å². The number of halogens is 3. The van der Waals surface area contributed by atoms with Gasteiger partial charge in [-0.2, -0.15) is 8.78 Å². The number of piperidine rings is 1. The number of pyridine rings is 1. The van der Waals surface area contributed by atoms with E-state index in [1.165, 1.54) is 12.1 Å². The van der Waals surface area contributed by atoms with E-state index < -0.39 is 12.8 Å². The van der Waals surface area contributed by atoms with E-state index in [0.29, 0.717) is 48.9 Å². The lowest BCUT2D eigenvalue weighted by Crippen LogP contribution is -2.41. The third kappa shape index (κ3) is 4.01. The normalized spacial score (nSPS) is 19.9. The Kier molecular flexibility index (Phi) is 5.29. The maximum atomic E-state index is 14.0. The number of aromatic nitrogens is 4. The number of hydrogen-bond donors (Lipinski definition) is 2. The van der Waals surface area contributed by atoms with Crippen molar-refractivity contribution in [3.8, 4) is 17.1 Å². The van der Waals surface area contributed by atoms with Gasteiger partial charge in [0, 0.05) is 31.3 Å². The Bertz CT molecular complexity index is 950. The van der Waals surface area contributed by atoms with E-state index in [-0.39, 0.29) is 11.7 Å². The number of anilines is 1. The minimum absolute atomic E-state index is 0.0306. The van der Waals surface area contributed by atoms with Crippen molar-refractivity contribution in [2.45, 2.75) is 19.2 Å². The van der Waals surface area contributed by atoms with Crippen LogP contribution in [0.25, 0.3) is 17.0 Å². The van der Waals surface area contributed by atoms with Crippen molar-refractivity contribution in [2.75, 3.05) is 25.0 Å². The van der Waals surface area contributed by atoms with Crippen LogP contribution in [-0.2, 0) is 0 Å². The van der Waals surface area contributed by atoms with Crippen molar-refractivity contribution in [3.05, 3.63) is 36.9 Å². The lowest BCUT2D eigenvalue weighted by molar-refractivity contribution is -0.0498. The first kappa shape index (κ1) is 18.5. The molecule has 0 bridgehead atoms. The summed E-state index contributed by atoms with van der Waals surface area (Å²) in [6.45, 7) is -1.12. The van der Waals surface area contributed by atoms with Crippen LogP contribution in [0.3, 0.4) is 0 Å². The van der Waals surface area contributed by atoms with Gasteiger partial charge < -0.3 is 15.4 Å². The summed E-state index contributed by atoms with van der Waals surface area (Å²) in [5.74, 6) is 0.439. The molecule has 10 heteroatoms. The fraction of sp³-hybridized carbons (Fsp3) is 0.389. The fourth-order valence-corrected chi connectivity index (χ4v) is 3.23. The Hall–Kier alpha value is -2.88. The third-order valence-electron chi connectivity index (χ3n) is 4.67. The average molecular weight is 392 g/mol. The largest absolute Gasteiger partial charge is 0.435 e. The Labute approximate surface area is 159 Å². The summed E-state index contributed by atoms with van der Waals surface area (Å²) in [6, 6.07) is 2.85. The van der Waals surface area contributed by atoms with Crippen molar-refractivity contribution in [2.24, 2.45) is 5.92 Å². The number of nitrogens with zero attached hydrogens (tertiary/aromatic N) is 4. The Balaban J connectivity index is 1.52. The van der Waals surface area contributed by atoms with E-state index >= 15 is 0 Å². The van der Waals surface area contributed by atoms with Gasteiger partial charge in [0.15, 0.2) is 0 Å². The zero-order valence-electron chi connectivity index (χ0n) is 14.9. The number of nitrogens with one attached hydrogen (secondary N) is 2. The first-order valence-corrected chi connectivity index (χ1v) is 8.93. The second-order valence-electron chi connectivity index (χ2n) is 6.55. The standard InChI is InChI=1S/C18H19F3N6O/c19-13-1-3-22-6-11(13)7-24-16-10-23-8-14(26-16)15-9-25-17-5-12(28-18(20)21)2-4-27(15)17/h2,4-5,8-11,13,18,22H,1,3,6-7H2,(H,24,26)/t11-,13+/m1/s1. The molecule has 148 valence electrons. The first-order chi connectivity index (χ1) is 13.6. The molecule has 3 aromatic rings. The highest BCUT2D eigenvalue weighted by Crippen LogP contribution is 2.23. The highest BCUT2D eigenvalue weighted by molar-refractivity contribution is 5.61. The lowest BCUT2D eigenvalue weighted by Gasteiger charge is -2.26. The molecule has 1 saturated heterocycles. The van der Waals surface area contributed by atoms with Crippen molar-refractivity contribution in [3.63, 3.8) is 0 Å². The fourth-order valence-electron chi connectivity index (χ4n) is 3.23. The quantitative estimate of drug-likeness (QED) is 0.672. The molecule has 0 unspecified atom stereocenters. The summed E-state index contributed by atoms with van der Waals surface area (Å²) < 4.78 is 44.8. The number of rotatable bonds is 6. The predicted molar refractivity (Wildman–Crippen MR) is 97.2 cm³/mol. The molecular formula is C18H19F3N6O. The topological polar surface area (TPSA) is 76.4 Å². The molecule has 4 rings (SSSR count). The lowest BCUT2D eigenvalue weighted by atomic mass is 9.97. The van der Waals surface area contributed by atoms with Crippen molar-refractivity contribution in [1.29, 1.82) is 0 Å². The Morgan fingerprint density at radius 3 is 3.04 bits per heavy atom. The van der Waals surface area contributed by atoms with E-state index in [1.807, 2.05) is 0 Å². The monoisotopic (exact) mass is 392 g/mol. The van der Waals surface area contributed by atoms with E-state index in [1.54, 1.807) is 29.2 Å². The summed E-state index contributed by atoms with van der Waals surface area (Å²) in [5.41, 5.74) is 1.65. The summed E-state index contributed by atoms with van der Waals surface area (Å²) in [7, 11) is 0. The predicted octanol–water partition coefficient (Wildman–Crippen LogP) is 2.75. The van der Waals surface area contributed by atoms with Crippen LogP contribution in [0.1, 0.15) is 6.42 Å². The van der Waals surface area contributed by atoms with Gasteiger partial charge in [0.1, 0.15) is 29.1 Å². The van der Waals surface area contributed by atoms with Crippen molar-refractivity contribution < 1.29 is 17.9 Å². The summed E-state index contributed by atoms with van der Waals surface area (Å²) in [4.78, 5) is 12.9. The summed E-state index contributed by atoms with van der Waals surface area (Å²) in [5, 5.41) is 6.33. The summed E-state index contributed by atoms with van der Waals surface area (Å²) >= 11 is 0. The molecule has 1 fully saturated rings. The van der Waals surface area contributed by atoms with Crippen molar-refractivity contribution in [1.82, 2.24) is 24.7 Å². The third-order valence-corrected chi connectivity index (χ3v) is 4.67. The van der Waals surface area contributed by atoms with Crippen molar-refractivity contribution >= 4 is 11.5 Å². The van der Waals surface area contributed by atoms with Crippen LogP contribution in [0.5, 0.6) is 5.75 Å². The molecule has 0 saturated carbocycles. The van der Waals surface area contributed by atoms with Gasteiger partial charge >= 0.3 is 6.61 Å². The molecule has 3 aromatic heterocycles. The summed E-state index contributed by atoms with van der Waals surface area (Å²) in [6.07, 6.45) is 5.99. The van der Waals surface area contributed by atoms with Crippen LogP contribution in [-0.4, -0.2) is 51.8 Å². The SMILES string of the molecule is FC(F)Oc1ccn2c(-c3cncc(NC[C@H]4CNCC[C@@H]4F)n3)cnc2c1. The van der Waals surface area contributed by atoms with Gasteiger partial charge in [-0.25, -0.2) is 14.4 Å². The molecule has 1 aliphatic rings. The van der Waals surface area contributed by atoms with Gasteiger partial charge in [-0.1, -0.05) is 0 Å². The second kappa shape index (κ2) is 8.01. The highest BCUT2D eigenvalue weighted by Gasteiger charge is 2.24. The highest BCUT2D eigenvalue weighted by atomic mass is 19.3. The number of ether oxygens (including phenoxy) is 1. The molecule has 0 aliphatic carbocycles. The van der Waals surface area contributed by atoms with Gasteiger partial charge in [0.25, 0.3) is 0 Å². The van der Waals surface area contributed by atoms with E-state index in [9.17, 15) is 13.2 Å². The maximum Gasteiger partial charge on any atom is 0.387 e. The molecule has 0 aromatic carbocycles. The van der Waals surface area contributed by atoms with Crippen LogP contribution >= 0.6 is 0 Å². The second-order valence-corrected chi connectivity index (χ2v) is 6.55. The van der Waals surface area contributed by atoms with Gasteiger partial charge in [-0.3, -0.25) is 9.38 Å². The zero-order valence-corrected chi connectivity index (χ0v) is 14.9. The van der Waals surface area contributed by atoms with E-state index in [0.717, 1.165) is 0 Å². The molecule has 2 atom stereocenters. The van der Waals surface area contributed by atoms with Gasteiger partial charge in [0.05, 0.1) is 24.3 Å². The average Bonchev–Trinajstić information content (AvgIpc) is 3.10. The number of fused-ring (bicyclic) bond motifs is 1.